The first kappa shape index (κ1) is 15.3. The third-order valence-corrected chi connectivity index (χ3v) is 2.58. The Labute approximate surface area is 109 Å². The molecule has 106 valence electrons. The summed E-state index contributed by atoms with van der Waals surface area (Å²) in [6, 6.07) is 3.07. The van der Waals surface area contributed by atoms with Gasteiger partial charge in [0.1, 0.15) is 0 Å². The Balaban J connectivity index is 2.97. The maximum atomic E-state index is 12.9. The van der Waals surface area contributed by atoms with Gasteiger partial charge in [0.15, 0.2) is 0 Å². The first-order valence-electron chi connectivity index (χ1n) is 5.82. The van der Waals surface area contributed by atoms with Crippen molar-refractivity contribution in [3.05, 3.63) is 33.9 Å². The summed E-state index contributed by atoms with van der Waals surface area (Å²) in [5, 5.41) is 22.6. The van der Waals surface area contributed by atoms with E-state index in [1.165, 1.54) is 12.1 Å². The van der Waals surface area contributed by atoms with Crippen LogP contribution >= 0.6 is 0 Å². The highest BCUT2D eigenvalue weighted by Crippen LogP contribution is 2.31. The third kappa shape index (κ3) is 4.44. The van der Waals surface area contributed by atoms with Gasteiger partial charge in [0, 0.05) is 29.4 Å². The third-order valence-electron chi connectivity index (χ3n) is 2.58. The number of hydrogen-bond acceptors (Lipinski definition) is 4. The Hall–Kier alpha value is -1.76. The van der Waals surface area contributed by atoms with Gasteiger partial charge in [-0.3, -0.25) is 10.1 Å². The molecule has 0 saturated carbocycles. The highest BCUT2D eigenvalue weighted by Gasteiger charge is 2.19. The van der Waals surface area contributed by atoms with E-state index in [4.69, 9.17) is 0 Å². The van der Waals surface area contributed by atoms with Crippen LogP contribution in [-0.4, -0.2) is 22.2 Å². The quantitative estimate of drug-likeness (QED) is 0.617. The van der Waals surface area contributed by atoms with Crippen molar-refractivity contribution < 1.29 is 18.8 Å². The molecule has 5 nitrogen and oxygen atoms in total. The summed E-state index contributed by atoms with van der Waals surface area (Å²) in [7, 11) is 0. The monoisotopic (exact) mass is 274 g/mol. The van der Waals surface area contributed by atoms with Crippen molar-refractivity contribution >= 4 is 11.4 Å². The van der Waals surface area contributed by atoms with E-state index in [0.717, 1.165) is 6.07 Å². The van der Waals surface area contributed by atoms with Crippen LogP contribution < -0.4 is 5.32 Å². The lowest BCUT2D eigenvalue weighted by atomic mass is 10.1. The molecule has 1 aromatic rings. The molecule has 0 heterocycles. The molecule has 2 N–H and O–H groups in total. The Kier molecular flexibility index (Phi) is 5.17. The molecule has 19 heavy (non-hydrogen) atoms. The lowest BCUT2D eigenvalue weighted by Gasteiger charge is -2.19. The molecule has 2 unspecified atom stereocenters. The number of halogens is 2. The van der Waals surface area contributed by atoms with Gasteiger partial charge < -0.3 is 10.4 Å². The Morgan fingerprint density at radius 2 is 2.05 bits per heavy atom. The highest BCUT2D eigenvalue weighted by atomic mass is 19.3. The number of alkyl halides is 2. The van der Waals surface area contributed by atoms with Gasteiger partial charge in [-0.15, -0.1) is 0 Å². The van der Waals surface area contributed by atoms with Crippen LogP contribution in [0.1, 0.15) is 32.3 Å². The highest BCUT2D eigenvalue weighted by molar-refractivity contribution is 5.57. The first-order chi connectivity index (χ1) is 8.81. The predicted octanol–water partition coefficient (Wildman–Crippen LogP) is 3.10. The first-order valence-corrected chi connectivity index (χ1v) is 5.82. The molecule has 1 aromatic carbocycles. The number of nitro groups is 1. The number of rotatable bonds is 6. The van der Waals surface area contributed by atoms with Gasteiger partial charge in [0.25, 0.3) is 12.1 Å². The molecule has 2 atom stereocenters. The van der Waals surface area contributed by atoms with Crippen LogP contribution in [0, 0.1) is 10.1 Å². The molecular weight excluding hydrogens is 258 g/mol. The number of non-ortho nitro benzene ring substituents is 1. The summed E-state index contributed by atoms with van der Waals surface area (Å²) in [4.78, 5) is 9.85. The Bertz CT molecular complexity index is 453. The smallest absolute Gasteiger partial charge is 0.270 e. The van der Waals surface area contributed by atoms with Crippen molar-refractivity contribution in [2.75, 3.05) is 5.32 Å². The maximum Gasteiger partial charge on any atom is 0.270 e. The number of benzene rings is 1. The van der Waals surface area contributed by atoms with Gasteiger partial charge in [-0.05, 0) is 26.3 Å². The minimum atomic E-state index is -2.80. The molecule has 0 aliphatic heterocycles. The molecule has 0 radical (unpaired) electrons. The van der Waals surface area contributed by atoms with E-state index in [-0.39, 0.29) is 17.4 Å². The zero-order chi connectivity index (χ0) is 14.6. The molecule has 1 rings (SSSR count). The van der Waals surface area contributed by atoms with Crippen LogP contribution in [0.2, 0.25) is 0 Å². The number of nitrogens with zero attached hydrogens (tertiary/aromatic N) is 1. The number of anilines is 1. The normalized spacial score (nSPS) is 14.2. The second-order valence-electron chi connectivity index (χ2n) is 4.46. The Morgan fingerprint density at radius 3 is 2.53 bits per heavy atom. The zero-order valence-corrected chi connectivity index (χ0v) is 10.6. The second kappa shape index (κ2) is 6.42. The number of hydrogen-bond donors (Lipinski definition) is 2. The van der Waals surface area contributed by atoms with Crippen molar-refractivity contribution in [1.29, 1.82) is 0 Å². The average Bonchev–Trinajstić information content (AvgIpc) is 2.27. The molecule has 0 spiro atoms. The summed E-state index contributed by atoms with van der Waals surface area (Å²) >= 11 is 0. The van der Waals surface area contributed by atoms with Crippen LogP contribution in [0.5, 0.6) is 0 Å². The standard InChI is InChI=1S/C12H16F2N2O3/c1-7(5-8(2)17)15-11-4-3-9(16(18)19)6-10(11)12(13)14/h3-4,6-8,12,15,17H,5H2,1-2H3. The molecule has 0 bridgehead atoms. The summed E-state index contributed by atoms with van der Waals surface area (Å²) in [6.45, 7) is 3.34. The van der Waals surface area contributed by atoms with E-state index in [2.05, 4.69) is 5.32 Å². The van der Waals surface area contributed by atoms with E-state index in [9.17, 15) is 24.0 Å². The van der Waals surface area contributed by atoms with Gasteiger partial charge in [-0.25, -0.2) is 8.78 Å². The average molecular weight is 274 g/mol. The predicted molar refractivity (Wildman–Crippen MR) is 67.4 cm³/mol. The molecule has 0 aliphatic rings. The van der Waals surface area contributed by atoms with E-state index in [1.54, 1.807) is 13.8 Å². The van der Waals surface area contributed by atoms with Gasteiger partial charge in [-0.1, -0.05) is 0 Å². The van der Waals surface area contributed by atoms with Gasteiger partial charge in [0.2, 0.25) is 0 Å². The molecule has 0 aliphatic carbocycles. The van der Waals surface area contributed by atoms with Gasteiger partial charge in [-0.2, -0.15) is 0 Å². The van der Waals surface area contributed by atoms with E-state index in [1.807, 2.05) is 0 Å². The summed E-state index contributed by atoms with van der Waals surface area (Å²) < 4.78 is 25.7. The molecule has 0 saturated heterocycles. The van der Waals surface area contributed by atoms with Crippen LogP contribution in [0.3, 0.4) is 0 Å². The van der Waals surface area contributed by atoms with Crippen molar-refractivity contribution in [2.24, 2.45) is 0 Å². The van der Waals surface area contributed by atoms with E-state index in [0.29, 0.717) is 6.42 Å². The lowest BCUT2D eigenvalue weighted by molar-refractivity contribution is -0.385. The summed E-state index contributed by atoms with van der Waals surface area (Å²) in [5.74, 6) is 0. The van der Waals surface area contributed by atoms with Crippen molar-refractivity contribution in [2.45, 2.75) is 38.8 Å². The van der Waals surface area contributed by atoms with Crippen LogP contribution in [0.15, 0.2) is 18.2 Å². The van der Waals surface area contributed by atoms with Gasteiger partial charge >= 0.3 is 0 Å². The topological polar surface area (TPSA) is 75.4 Å². The Morgan fingerprint density at radius 1 is 1.42 bits per heavy atom. The van der Waals surface area contributed by atoms with Crippen molar-refractivity contribution in [3.8, 4) is 0 Å². The maximum absolute atomic E-state index is 12.9. The van der Waals surface area contributed by atoms with Crippen LogP contribution in [-0.2, 0) is 0 Å². The summed E-state index contributed by atoms with van der Waals surface area (Å²) in [6.07, 6.45) is -2.98. The largest absolute Gasteiger partial charge is 0.393 e. The van der Waals surface area contributed by atoms with Crippen molar-refractivity contribution in [3.63, 3.8) is 0 Å². The summed E-state index contributed by atoms with van der Waals surface area (Å²) in [5.41, 5.74) is -0.635. The molecule has 7 heteroatoms. The minimum Gasteiger partial charge on any atom is -0.393 e. The number of nitro benzene ring substituents is 1. The molecular formula is C12H16F2N2O3. The van der Waals surface area contributed by atoms with E-state index < -0.39 is 23.0 Å². The van der Waals surface area contributed by atoms with E-state index >= 15 is 0 Å². The SMILES string of the molecule is CC(O)CC(C)Nc1ccc([N+](=O)[O-])cc1C(F)F. The van der Waals surface area contributed by atoms with Crippen LogP contribution in [0.25, 0.3) is 0 Å². The zero-order valence-electron chi connectivity index (χ0n) is 10.6. The fourth-order valence-corrected chi connectivity index (χ4v) is 1.81. The molecule has 0 aromatic heterocycles. The minimum absolute atomic E-state index is 0.147. The molecule has 0 amide bonds. The van der Waals surface area contributed by atoms with Crippen LogP contribution in [0.4, 0.5) is 20.2 Å². The van der Waals surface area contributed by atoms with Gasteiger partial charge in [0.05, 0.1) is 11.0 Å². The lowest BCUT2D eigenvalue weighted by Crippen LogP contribution is -2.21. The molecule has 0 fully saturated rings. The fourth-order valence-electron chi connectivity index (χ4n) is 1.81. The van der Waals surface area contributed by atoms with Crippen molar-refractivity contribution in [1.82, 2.24) is 0 Å². The number of aliphatic hydroxyl groups is 1. The number of nitrogens with one attached hydrogen (secondary N) is 1. The fraction of sp³-hybridized carbons (Fsp3) is 0.500. The second-order valence-corrected chi connectivity index (χ2v) is 4.46. The number of aliphatic hydroxyl groups excluding tert-OH is 1.